The first-order valence-corrected chi connectivity index (χ1v) is 7.77. The van der Waals surface area contributed by atoms with Gasteiger partial charge in [0.05, 0.1) is 12.5 Å². The zero-order valence-electron chi connectivity index (χ0n) is 13.1. The van der Waals surface area contributed by atoms with Crippen LogP contribution in [0.25, 0.3) is 11.0 Å². The van der Waals surface area contributed by atoms with Crippen molar-refractivity contribution in [3.05, 3.63) is 30.1 Å². The third-order valence-corrected chi connectivity index (χ3v) is 3.83. The summed E-state index contributed by atoms with van der Waals surface area (Å²) in [6.07, 6.45) is 6.87. The van der Waals surface area contributed by atoms with Crippen LogP contribution in [0, 0.1) is 11.3 Å². The van der Waals surface area contributed by atoms with E-state index in [2.05, 4.69) is 21.4 Å². The smallest absolute Gasteiger partial charge is 0.225 e. The van der Waals surface area contributed by atoms with Gasteiger partial charge in [-0.1, -0.05) is 26.7 Å². The van der Waals surface area contributed by atoms with Crippen LogP contribution >= 0.6 is 0 Å². The molecule has 0 aliphatic heterocycles. The van der Waals surface area contributed by atoms with Crippen LogP contribution in [0.1, 0.15) is 45.1 Å². The molecular weight excluding hydrogens is 276 g/mol. The van der Waals surface area contributed by atoms with Crippen LogP contribution < -0.4 is 5.32 Å². The maximum atomic E-state index is 12.4. The van der Waals surface area contributed by atoms with Crippen molar-refractivity contribution in [1.82, 2.24) is 15.3 Å². The van der Waals surface area contributed by atoms with Crippen LogP contribution in [0.4, 0.5) is 0 Å². The Hall–Kier alpha value is -2.35. The topological polar surface area (TPSA) is 81.6 Å². The molecule has 0 saturated heterocycles. The Morgan fingerprint density at radius 1 is 1.41 bits per heavy atom. The van der Waals surface area contributed by atoms with Gasteiger partial charge in [-0.3, -0.25) is 4.79 Å². The van der Waals surface area contributed by atoms with E-state index in [-0.39, 0.29) is 12.3 Å². The highest BCUT2D eigenvalue weighted by molar-refractivity contribution is 5.87. The molecule has 0 unspecified atom stereocenters. The van der Waals surface area contributed by atoms with E-state index in [4.69, 9.17) is 0 Å². The van der Waals surface area contributed by atoms with E-state index in [0.717, 1.165) is 29.4 Å². The fourth-order valence-electron chi connectivity index (χ4n) is 2.89. The van der Waals surface area contributed by atoms with Crippen molar-refractivity contribution in [1.29, 1.82) is 5.26 Å². The minimum Gasteiger partial charge on any atom is -0.346 e. The molecule has 0 bridgehead atoms. The molecule has 0 atom stereocenters. The highest BCUT2D eigenvalue weighted by Gasteiger charge is 2.30. The zero-order chi connectivity index (χ0) is 16.0. The Morgan fingerprint density at radius 2 is 2.14 bits per heavy atom. The number of fused-ring (bicyclic) bond motifs is 1. The third kappa shape index (κ3) is 3.45. The van der Waals surface area contributed by atoms with Gasteiger partial charge in [0.1, 0.15) is 11.2 Å². The summed E-state index contributed by atoms with van der Waals surface area (Å²) < 4.78 is 0. The monoisotopic (exact) mass is 298 g/mol. The van der Waals surface area contributed by atoms with E-state index < -0.39 is 5.54 Å². The fourth-order valence-corrected chi connectivity index (χ4v) is 2.89. The summed E-state index contributed by atoms with van der Waals surface area (Å²) >= 11 is 0. The Morgan fingerprint density at radius 3 is 2.77 bits per heavy atom. The Kier molecular flexibility index (Phi) is 5.16. The first-order valence-electron chi connectivity index (χ1n) is 7.77. The summed E-state index contributed by atoms with van der Waals surface area (Å²) in [6.45, 7) is 4.05. The molecule has 0 aromatic carbocycles. The van der Waals surface area contributed by atoms with Crippen LogP contribution in [0.5, 0.6) is 0 Å². The summed E-state index contributed by atoms with van der Waals surface area (Å²) in [5, 5.41) is 13.4. The molecule has 0 aliphatic rings. The third-order valence-electron chi connectivity index (χ3n) is 3.83. The van der Waals surface area contributed by atoms with Crippen molar-refractivity contribution >= 4 is 16.9 Å². The van der Waals surface area contributed by atoms with E-state index in [9.17, 15) is 10.1 Å². The maximum absolute atomic E-state index is 12.4. The van der Waals surface area contributed by atoms with Gasteiger partial charge < -0.3 is 10.3 Å². The number of aromatic amines is 1. The second kappa shape index (κ2) is 7.08. The summed E-state index contributed by atoms with van der Waals surface area (Å²) in [7, 11) is 0. The Balaban J connectivity index is 2.13. The van der Waals surface area contributed by atoms with Gasteiger partial charge in [0.15, 0.2) is 0 Å². The number of nitrogens with one attached hydrogen (secondary N) is 2. The molecule has 2 aromatic heterocycles. The molecule has 0 fully saturated rings. The number of rotatable bonds is 7. The van der Waals surface area contributed by atoms with Gasteiger partial charge >= 0.3 is 0 Å². The van der Waals surface area contributed by atoms with E-state index in [0.29, 0.717) is 12.8 Å². The standard InChI is InChI=1S/C17H22N4O/c1-3-7-17(12-18,8-4-2)21-15(22)10-13-11-20-16-14(13)6-5-9-19-16/h5-6,9,11H,3-4,7-8,10H2,1-2H3,(H,19,20)(H,21,22). The Labute approximate surface area is 130 Å². The summed E-state index contributed by atoms with van der Waals surface area (Å²) in [5.41, 5.74) is 0.935. The van der Waals surface area contributed by atoms with Crippen LogP contribution in [-0.2, 0) is 11.2 Å². The number of amides is 1. The fraction of sp³-hybridized carbons (Fsp3) is 0.471. The number of hydrogen-bond donors (Lipinski definition) is 2. The van der Waals surface area contributed by atoms with Gasteiger partial charge in [-0.2, -0.15) is 5.26 Å². The molecule has 1 amide bonds. The van der Waals surface area contributed by atoms with Gasteiger partial charge in [-0.25, -0.2) is 4.98 Å². The van der Waals surface area contributed by atoms with E-state index in [1.807, 2.05) is 32.2 Å². The molecule has 0 aliphatic carbocycles. The average Bonchev–Trinajstić information content (AvgIpc) is 2.91. The molecule has 0 spiro atoms. The average molecular weight is 298 g/mol. The molecule has 5 nitrogen and oxygen atoms in total. The van der Waals surface area contributed by atoms with Crippen molar-refractivity contribution in [3.8, 4) is 6.07 Å². The van der Waals surface area contributed by atoms with Crippen LogP contribution in [0.15, 0.2) is 24.5 Å². The largest absolute Gasteiger partial charge is 0.346 e. The quantitative estimate of drug-likeness (QED) is 0.824. The zero-order valence-corrected chi connectivity index (χ0v) is 13.1. The van der Waals surface area contributed by atoms with Crippen LogP contribution in [0.2, 0.25) is 0 Å². The number of carbonyl (C=O) groups is 1. The Bertz CT molecular complexity index is 677. The summed E-state index contributed by atoms with van der Waals surface area (Å²) in [5.74, 6) is -0.117. The molecule has 5 heteroatoms. The van der Waals surface area contributed by atoms with E-state index >= 15 is 0 Å². The predicted molar refractivity (Wildman–Crippen MR) is 86.1 cm³/mol. The molecule has 2 N–H and O–H groups in total. The van der Waals surface area contributed by atoms with Gasteiger partial charge in [0.2, 0.25) is 5.91 Å². The van der Waals surface area contributed by atoms with Crippen molar-refractivity contribution in [3.63, 3.8) is 0 Å². The van der Waals surface area contributed by atoms with Crippen LogP contribution in [-0.4, -0.2) is 21.4 Å². The van der Waals surface area contributed by atoms with Gasteiger partial charge in [0.25, 0.3) is 0 Å². The second-order valence-corrected chi connectivity index (χ2v) is 5.63. The molecule has 2 aromatic rings. The van der Waals surface area contributed by atoms with Crippen molar-refractivity contribution < 1.29 is 4.79 Å². The van der Waals surface area contributed by atoms with Gasteiger partial charge in [-0.05, 0) is 30.5 Å². The van der Waals surface area contributed by atoms with Crippen molar-refractivity contribution in [2.45, 2.75) is 51.5 Å². The SMILES string of the molecule is CCCC(C#N)(CCC)NC(=O)Cc1c[nH]c2ncccc12. The minimum absolute atomic E-state index is 0.117. The van der Waals surface area contributed by atoms with Crippen molar-refractivity contribution in [2.24, 2.45) is 0 Å². The van der Waals surface area contributed by atoms with E-state index in [1.165, 1.54) is 0 Å². The molecule has 2 heterocycles. The maximum Gasteiger partial charge on any atom is 0.225 e. The lowest BCUT2D eigenvalue weighted by molar-refractivity contribution is -0.121. The summed E-state index contributed by atoms with van der Waals surface area (Å²) in [6, 6.07) is 6.11. The molecular formula is C17H22N4O. The molecule has 2 rings (SSSR count). The highest BCUT2D eigenvalue weighted by atomic mass is 16.1. The normalized spacial score (nSPS) is 11.3. The van der Waals surface area contributed by atoms with Crippen LogP contribution in [0.3, 0.4) is 0 Å². The molecule has 22 heavy (non-hydrogen) atoms. The lowest BCUT2D eigenvalue weighted by atomic mass is 9.90. The first-order chi connectivity index (χ1) is 10.6. The number of pyridine rings is 1. The van der Waals surface area contributed by atoms with Gasteiger partial charge in [-0.15, -0.1) is 0 Å². The number of nitriles is 1. The number of carbonyl (C=O) groups excluding carboxylic acids is 1. The first kappa shape index (κ1) is 16.0. The second-order valence-electron chi connectivity index (χ2n) is 5.63. The molecule has 0 radical (unpaired) electrons. The highest BCUT2D eigenvalue weighted by Crippen LogP contribution is 2.20. The van der Waals surface area contributed by atoms with E-state index in [1.54, 1.807) is 6.20 Å². The predicted octanol–water partition coefficient (Wildman–Crippen LogP) is 3.08. The number of aromatic nitrogens is 2. The van der Waals surface area contributed by atoms with Crippen molar-refractivity contribution in [2.75, 3.05) is 0 Å². The number of nitrogens with zero attached hydrogens (tertiary/aromatic N) is 2. The molecule has 0 saturated carbocycles. The number of H-pyrrole nitrogens is 1. The number of hydrogen-bond acceptors (Lipinski definition) is 3. The lowest BCUT2D eigenvalue weighted by Crippen LogP contribution is -2.47. The van der Waals surface area contributed by atoms with Gasteiger partial charge in [0, 0.05) is 17.8 Å². The minimum atomic E-state index is -0.745. The summed E-state index contributed by atoms with van der Waals surface area (Å²) in [4.78, 5) is 19.7. The lowest BCUT2D eigenvalue weighted by Gasteiger charge is -2.27. The molecule has 116 valence electrons.